The lowest BCUT2D eigenvalue weighted by atomic mass is 9.33. The van der Waals surface area contributed by atoms with Crippen molar-refractivity contribution in [2.75, 3.05) is 13.2 Å². The van der Waals surface area contributed by atoms with E-state index in [4.69, 9.17) is 33.5 Å². The van der Waals surface area contributed by atoms with Gasteiger partial charge in [-0.25, -0.2) is 14.4 Å². The van der Waals surface area contributed by atoms with Gasteiger partial charge in [0, 0.05) is 0 Å². The Morgan fingerprint density at radius 2 is 1.45 bits per heavy atom. The smallest absolute Gasteiger partial charge is 0.361 e. The third-order valence-corrected chi connectivity index (χ3v) is 18.0. The molecule has 19 atom stereocenters. The normalized spacial score (nSPS) is 47.1. The number of aliphatic hydroxyl groups excluding tert-OH is 6. The summed E-state index contributed by atoms with van der Waals surface area (Å²) >= 11 is 0. The Morgan fingerprint density at radius 3 is 2.08 bits per heavy atom. The molecule has 0 aromatic rings. The monoisotopic (exact) mass is 926 g/mol. The number of carbonyl (C=O) groups is 4. The van der Waals surface area contributed by atoms with Gasteiger partial charge < -0.3 is 74.4 Å². The first kappa shape index (κ1) is 50.1. The molecule has 7 aliphatic rings. The Hall–Kier alpha value is -2.82. The van der Waals surface area contributed by atoms with E-state index in [1.165, 1.54) is 5.57 Å². The van der Waals surface area contributed by atoms with Crippen LogP contribution >= 0.6 is 0 Å². The number of carboxylic acids is 3. The van der Waals surface area contributed by atoms with E-state index in [9.17, 15) is 60.0 Å². The van der Waals surface area contributed by atoms with Crippen LogP contribution in [0.15, 0.2) is 11.6 Å². The van der Waals surface area contributed by atoms with Crippen LogP contribution in [0.3, 0.4) is 0 Å². The second kappa shape index (κ2) is 17.6. The minimum absolute atomic E-state index is 0.0737. The highest BCUT2D eigenvalue weighted by Crippen LogP contribution is 2.76. The van der Waals surface area contributed by atoms with Crippen LogP contribution in [-0.2, 0) is 47.6 Å². The number of aliphatic carboxylic acids is 3. The Balaban J connectivity index is 1.13. The van der Waals surface area contributed by atoms with E-state index in [0.717, 1.165) is 32.1 Å². The molecule has 19 heteroatoms. The van der Waals surface area contributed by atoms with Crippen molar-refractivity contribution in [1.29, 1.82) is 0 Å². The Labute approximate surface area is 378 Å². The molecular formula is C46H70O19. The Bertz CT molecular complexity index is 1870. The van der Waals surface area contributed by atoms with E-state index in [0.29, 0.717) is 32.1 Å². The number of carboxylic acid groups (broad SMARTS) is 3. The Morgan fingerprint density at radius 1 is 0.769 bits per heavy atom. The van der Waals surface area contributed by atoms with Gasteiger partial charge in [0.15, 0.2) is 12.4 Å². The van der Waals surface area contributed by atoms with Crippen molar-refractivity contribution in [3.63, 3.8) is 0 Å². The maximum absolute atomic E-state index is 14.6. The first-order valence-electron chi connectivity index (χ1n) is 23.0. The van der Waals surface area contributed by atoms with Gasteiger partial charge in [-0.3, -0.25) is 4.79 Å². The summed E-state index contributed by atoms with van der Waals surface area (Å²) < 4.78 is 33.9. The standard InChI is InChI=1S/C46H70O19/c1-41(2)14-16-46(40(59)65-37-30(52)29(51)28(50)23(19-47)61-37)17-15-44(6)21(22(46)18-41)8-9-25-43(5)12-11-26(42(3,4)24(43)10-13-45(25,44)7)62-38-32(54)33(31(53)34(64-38)35(55)56)63-39(36(57)58)60-20-27(48)49/h8,22-26,28-34,37-39,47,50-54H,9-20H2,1-7H3,(H,48,49)(H,55,56)(H,57,58)/t22-,23+,24-,25+,26-,28+,29-,30+,31-,32+,33-,34-,37-,38+,39?,43-,44+,45+,46-/m0/s1. The first-order valence-corrected chi connectivity index (χ1v) is 23.0. The van der Waals surface area contributed by atoms with Crippen LogP contribution in [0.2, 0.25) is 0 Å². The summed E-state index contributed by atoms with van der Waals surface area (Å²) in [7, 11) is 0. The predicted octanol–water partition coefficient (Wildman–Crippen LogP) is 1.94. The van der Waals surface area contributed by atoms with Gasteiger partial charge in [-0.15, -0.1) is 0 Å². The lowest BCUT2D eigenvalue weighted by molar-refractivity contribution is -0.339. The molecule has 5 aliphatic carbocycles. The number of esters is 1. The van der Waals surface area contributed by atoms with Gasteiger partial charge in [-0.1, -0.05) is 60.1 Å². The van der Waals surface area contributed by atoms with Crippen LogP contribution in [0.25, 0.3) is 0 Å². The fourth-order valence-corrected chi connectivity index (χ4v) is 14.1. The lowest BCUT2D eigenvalue weighted by Gasteiger charge is -2.71. The molecule has 0 aromatic carbocycles. The van der Waals surface area contributed by atoms with Gasteiger partial charge in [0.1, 0.15) is 49.3 Å². The maximum atomic E-state index is 14.6. The highest BCUT2D eigenvalue weighted by molar-refractivity contribution is 5.79. The number of allylic oxidation sites excluding steroid dienone is 2. The summed E-state index contributed by atoms with van der Waals surface area (Å²) in [6.45, 7) is 14.0. The summed E-state index contributed by atoms with van der Waals surface area (Å²) in [6.07, 6.45) is -10.9. The highest BCUT2D eigenvalue weighted by Gasteiger charge is 2.70. The van der Waals surface area contributed by atoms with E-state index in [2.05, 4.69) is 54.5 Å². The van der Waals surface area contributed by atoms with Crippen LogP contribution in [0.4, 0.5) is 0 Å². The fraction of sp³-hybridized carbons (Fsp3) is 0.870. The summed E-state index contributed by atoms with van der Waals surface area (Å²) in [6, 6.07) is 0. The molecule has 0 aromatic heterocycles. The molecule has 9 N–H and O–H groups in total. The molecule has 0 spiro atoms. The molecule has 1 unspecified atom stereocenters. The molecule has 0 bridgehead atoms. The van der Waals surface area contributed by atoms with Crippen LogP contribution in [-0.4, -0.2) is 157 Å². The zero-order valence-corrected chi connectivity index (χ0v) is 38.3. The number of fused-ring (bicyclic) bond motifs is 7. The number of carbonyl (C=O) groups excluding carboxylic acids is 1. The van der Waals surface area contributed by atoms with Crippen molar-refractivity contribution in [3.05, 3.63) is 11.6 Å². The first-order chi connectivity index (χ1) is 30.2. The third kappa shape index (κ3) is 8.25. The van der Waals surface area contributed by atoms with E-state index < -0.39 is 122 Å². The molecule has 2 saturated heterocycles. The van der Waals surface area contributed by atoms with Gasteiger partial charge in [-0.05, 0) is 109 Å². The van der Waals surface area contributed by atoms with Crippen molar-refractivity contribution in [1.82, 2.24) is 0 Å². The van der Waals surface area contributed by atoms with Gasteiger partial charge in [-0.2, -0.15) is 0 Å². The van der Waals surface area contributed by atoms with E-state index in [1.807, 2.05) is 0 Å². The van der Waals surface area contributed by atoms with Crippen molar-refractivity contribution in [2.45, 2.75) is 186 Å². The van der Waals surface area contributed by atoms with Crippen molar-refractivity contribution in [2.24, 2.45) is 50.2 Å². The van der Waals surface area contributed by atoms with Crippen molar-refractivity contribution >= 4 is 23.9 Å². The molecule has 4 saturated carbocycles. The summed E-state index contributed by atoms with van der Waals surface area (Å²) in [4.78, 5) is 49.9. The average molecular weight is 927 g/mol. The van der Waals surface area contributed by atoms with E-state index in [1.54, 1.807) is 0 Å². The molecular weight excluding hydrogens is 856 g/mol. The van der Waals surface area contributed by atoms with Gasteiger partial charge >= 0.3 is 23.9 Å². The molecule has 65 heavy (non-hydrogen) atoms. The van der Waals surface area contributed by atoms with Crippen LogP contribution < -0.4 is 0 Å². The van der Waals surface area contributed by atoms with Gasteiger partial charge in [0.25, 0.3) is 6.29 Å². The Kier molecular flexibility index (Phi) is 13.6. The summed E-state index contributed by atoms with van der Waals surface area (Å²) in [5.74, 6) is -5.31. The zero-order valence-electron chi connectivity index (χ0n) is 38.3. The molecule has 7 rings (SSSR count). The second-order valence-corrected chi connectivity index (χ2v) is 22.2. The van der Waals surface area contributed by atoms with Crippen molar-refractivity contribution < 1.29 is 93.6 Å². The SMILES string of the molecule is CC1(C)CC[C@]2(C(=O)O[C@@H]3O[C@H](CO)[C@@H](O)[C@H](O)[C@H]3O)CC[C@]3(C)C(=CC[C@@H]4[C@@]5(C)CC[C@H](O[C@@H]6O[C@H](C(=O)O)[C@@H](O)[C@H](OC(OCC(=O)O)C(=O)O)[C@H]6O)C(C)(C)[C@@H]5CC[C@]43C)[C@@H]2C1. The topological polar surface area (TPSA) is 306 Å². The number of rotatable bonds is 12. The number of ether oxygens (including phenoxy) is 6. The van der Waals surface area contributed by atoms with Crippen LogP contribution in [0.1, 0.15) is 113 Å². The quantitative estimate of drug-likeness (QED) is 0.0585. The average Bonchev–Trinajstić information content (AvgIpc) is 3.22. The molecule has 2 aliphatic heterocycles. The summed E-state index contributed by atoms with van der Waals surface area (Å²) in [5, 5.41) is 92.4. The van der Waals surface area contributed by atoms with Gasteiger partial charge in [0.05, 0.1) is 18.1 Å². The lowest BCUT2D eigenvalue weighted by Crippen LogP contribution is -2.66. The van der Waals surface area contributed by atoms with Gasteiger partial charge in [0.2, 0.25) is 6.29 Å². The summed E-state index contributed by atoms with van der Waals surface area (Å²) in [5.41, 5.74) is -1.08. The molecule has 0 radical (unpaired) electrons. The molecule has 368 valence electrons. The zero-order chi connectivity index (χ0) is 48.0. The predicted molar refractivity (Wildman–Crippen MR) is 222 cm³/mol. The minimum atomic E-state index is -2.26. The largest absolute Gasteiger partial charge is 0.480 e. The highest BCUT2D eigenvalue weighted by atomic mass is 16.7. The fourth-order valence-electron chi connectivity index (χ4n) is 14.1. The van der Waals surface area contributed by atoms with E-state index in [-0.39, 0.29) is 39.4 Å². The van der Waals surface area contributed by atoms with Crippen molar-refractivity contribution in [3.8, 4) is 0 Å². The maximum Gasteiger partial charge on any atom is 0.361 e. The van der Waals surface area contributed by atoms with Crippen LogP contribution in [0, 0.1) is 50.2 Å². The molecule has 6 fully saturated rings. The number of aliphatic hydroxyl groups is 6. The van der Waals surface area contributed by atoms with E-state index >= 15 is 0 Å². The second-order valence-electron chi connectivity index (χ2n) is 22.2. The number of hydrogen-bond acceptors (Lipinski definition) is 16. The minimum Gasteiger partial charge on any atom is -0.480 e. The molecule has 0 amide bonds. The third-order valence-electron chi connectivity index (χ3n) is 18.0. The molecule has 2 heterocycles. The van der Waals surface area contributed by atoms with Crippen LogP contribution in [0.5, 0.6) is 0 Å². The number of hydrogen-bond donors (Lipinski definition) is 9. The molecule has 19 nitrogen and oxygen atoms in total.